The first kappa shape index (κ1) is 9.26. The Bertz CT molecular complexity index is 215. The van der Waals surface area contributed by atoms with Gasteiger partial charge in [-0.3, -0.25) is 0 Å². The molecule has 1 fully saturated rings. The van der Waals surface area contributed by atoms with Gasteiger partial charge in [-0.2, -0.15) is 0 Å². The van der Waals surface area contributed by atoms with Crippen molar-refractivity contribution in [2.45, 2.75) is 57.5 Å². The monoisotopic (exact) mass is 180 g/mol. The van der Waals surface area contributed by atoms with Gasteiger partial charge in [-0.15, -0.1) is 0 Å². The molecule has 0 aromatic rings. The van der Waals surface area contributed by atoms with Gasteiger partial charge in [0.1, 0.15) is 0 Å². The first-order valence-corrected chi connectivity index (χ1v) is 5.69. The highest BCUT2D eigenvalue weighted by Gasteiger charge is 2.44. The molecule has 1 unspecified atom stereocenters. The van der Waals surface area contributed by atoms with Crippen LogP contribution in [-0.4, -0.2) is 10.7 Å². The fourth-order valence-electron chi connectivity index (χ4n) is 2.57. The fraction of sp³-hybridized carbons (Fsp3) is 0.833. The summed E-state index contributed by atoms with van der Waals surface area (Å²) in [6.07, 6.45) is 10.6. The quantitative estimate of drug-likeness (QED) is 0.662. The molecule has 1 saturated carbocycles. The van der Waals surface area contributed by atoms with Gasteiger partial charge in [0.2, 0.25) is 0 Å². The number of hydrogen-bond donors (Lipinski definition) is 1. The largest absolute Gasteiger partial charge is 0.385 e. The second kappa shape index (κ2) is 3.45. The van der Waals surface area contributed by atoms with Crippen molar-refractivity contribution in [2.75, 3.05) is 0 Å². The van der Waals surface area contributed by atoms with Gasteiger partial charge >= 0.3 is 0 Å². The van der Waals surface area contributed by atoms with E-state index in [0.717, 1.165) is 12.8 Å². The topological polar surface area (TPSA) is 20.2 Å². The van der Waals surface area contributed by atoms with E-state index in [1.54, 1.807) is 0 Å². The lowest BCUT2D eigenvalue weighted by atomic mass is 9.80. The Balaban J connectivity index is 2.13. The highest BCUT2D eigenvalue weighted by molar-refractivity contribution is 5.22. The van der Waals surface area contributed by atoms with Crippen molar-refractivity contribution >= 4 is 0 Å². The molecule has 0 saturated heterocycles. The lowest BCUT2D eigenvalue weighted by Crippen LogP contribution is -2.33. The minimum absolute atomic E-state index is 0.416. The molecular formula is C12H20O. The van der Waals surface area contributed by atoms with Crippen LogP contribution in [0.1, 0.15) is 51.9 Å². The molecule has 2 rings (SSSR count). The molecule has 2 aliphatic rings. The van der Waals surface area contributed by atoms with E-state index in [9.17, 15) is 5.11 Å². The van der Waals surface area contributed by atoms with Gasteiger partial charge in [0.15, 0.2) is 0 Å². The fourth-order valence-corrected chi connectivity index (χ4v) is 2.57. The van der Waals surface area contributed by atoms with Crippen molar-refractivity contribution in [3.05, 3.63) is 11.6 Å². The van der Waals surface area contributed by atoms with Crippen LogP contribution < -0.4 is 0 Å². The first-order valence-electron chi connectivity index (χ1n) is 5.69. The van der Waals surface area contributed by atoms with Crippen molar-refractivity contribution in [3.63, 3.8) is 0 Å². The van der Waals surface area contributed by atoms with Crippen molar-refractivity contribution in [1.29, 1.82) is 0 Å². The van der Waals surface area contributed by atoms with E-state index in [2.05, 4.69) is 13.0 Å². The Kier molecular flexibility index (Phi) is 2.46. The van der Waals surface area contributed by atoms with E-state index < -0.39 is 5.60 Å². The zero-order valence-corrected chi connectivity index (χ0v) is 8.55. The molecule has 0 bridgehead atoms. The first-order chi connectivity index (χ1) is 6.27. The molecule has 1 nitrogen and oxygen atoms in total. The Morgan fingerprint density at radius 3 is 2.69 bits per heavy atom. The summed E-state index contributed by atoms with van der Waals surface area (Å²) in [6, 6.07) is 0. The minimum Gasteiger partial charge on any atom is -0.385 e. The van der Waals surface area contributed by atoms with E-state index in [1.165, 1.54) is 37.7 Å². The predicted molar refractivity (Wildman–Crippen MR) is 54.5 cm³/mol. The second-order valence-corrected chi connectivity index (χ2v) is 4.53. The third kappa shape index (κ3) is 1.67. The van der Waals surface area contributed by atoms with Gasteiger partial charge in [0.05, 0.1) is 5.60 Å². The van der Waals surface area contributed by atoms with E-state index in [0.29, 0.717) is 5.92 Å². The van der Waals surface area contributed by atoms with Crippen molar-refractivity contribution < 1.29 is 5.11 Å². The van der Waals surface area contributed by atoms with Crippen molar-refractivity contribution in [1.82, 2.24) is 0 Å². The van der Waals surface area contributed by atoms with Gasteiger partial charge in [-0.25, -0.2) is 0 Å². The number of allylic oxidation sites excluding steroid dienone is 1. The molecule has 0 spiro atoms. The number of rotatable bonds is 3. The van der Waals surface area contributed by atoms with Crippen LogP contribution in [0.5, 0.6) is 0 Å². The molecule has 0 aliphatic heterocycles. The maximum Gasteiger partial charge on any atom is 0.0882 e. The standard InChI is InChI=1S/C12H20O/c1-2-12(13,11-8-9-11)10-6-4-3-5-7-10/h6,11,13H,2-5,7-9H2,1H3. The summed E-state index contributed by atoms with van der Waals surface area (Å²) in [5, 5.41) is 10.5. The van der Waals surface area contributed by atoms with Crippen LogP contribution >= 0.6 is 0 Å². The summed E-state index contributed by atoms with van der Waals surface area (Å²) in [5.74, 6) is 0.585. The molecular weight excluding hydrogens is 160 g/mol. The maximum absolute atomic E-state index is 10.5. The van der Waals surface area contributed by atoms with Gasteiger partial charge < -0.3 is 5.11 Å². The molecule has 1 atom stereocenters. The van der Waals surface area contributed by atoms with Crippen molar-refractivity contribution in [3.8, 4) is 0 Å². The molecule has 0 aromatic carbocycles. The summed E-state index contributed by atoms with van der Waals surface area (Å²) >= 11 is 0. The van der Waals surface area contributed by atoms with Crippen LogP contribution in [0.25, 0.3) is 0 Å². The zero-order valence-electron chi connectivity index (χ0n) is 8.55. The van der Waals surface area contributed by atoms with E-state index in [-0.39, 0.29) is 0 Å². The molecule has 2 aliphatic carbocycles. The zero-order chi connectivity index (χ0) is 9.31. The molecule has 13 heavy (non-hydrogen) atoms. The van der Waals surface area contributed by atoms with Gasteiger partial charge in [0, 0.05) is 0 Å². The second-order valence-electron chi connectivity index (χ2n) is 4.53. The smallest absolute Gasteiger partial charge is 0.0882 e. The summed E-state index contributed by atoms with van der Waals surface area (Å²) in [5.41, 5.74) is 0.934. The van der Waals surface area contributed by atoms with Crippen LogP contribution in [0.3, 0.4) is 0 Å². The van der Waals surface area contributed by atoms with E-state index in [4.69, 9.17) is 0 Å². The minimum atomic E-state index is -0.416. The lowest BCUT2D eigenvalue weighted by Gasteiger charge is -2.32. The van der Waals surface area contributed by atoms with E-state index in [1.807, 2.05) is 0 Å². The van der Waals surface area contributed by atoms with E-state index >= 15 is 0 Å². The summed E-state index contributed by atoms with van der Waals surface area (Å²) in [7, 11) is 0. The summed E-state index contributed by atoms with van der Waals surface area (Å²) < 4.78 is 0. The molecule has 74 valence electrons. The number of hydrogen-bond acceptors (Lipinski definition) is 1. The highest BCUT2D eigenvalue weighted by Crippen LogP contribution is 2.47. The van der Waals surface area contributed by atoms with Crippen molar-refractivity contribution in [2.24, 2.45) is 5.92 Å². The molecule has 1 N–H and O–H groups in total. The molecule has 0 amide bonds. The third-order valence-electron chi connectivity index (χ3n) is 3.64. The van der Waals surface area contributed by atoms with Crippen LogP contribution in [-0.2, 0) is 0 Å². The Morgan fingerprint density at radius 1 is 1.46 bits per heavy atom. The average molecular weight is 180 g/mol. The maximum atomic E-state index is 10.5. The third-order valence-corrected chi connectivity index (χ3v) is 3.64. The Labute approximate surface area is 80.8 Å². The summed E-state index contributed by atoms with van der Waals surface area (Å²) in [4.78, 5) is 0. The van der Waals surface area contributed by atoms with Crippen LogP contribution in [0.4, 0.5) is 0 Å². The molecule has 1 heteroatoms. The normalized spacial score (nSPS) is 28.0. The highest BCUT2D eigenvalue weighted by atomic mass is 16.3. The summed E-state index contributed by atoms with van der Waals surface area (Å²) in [6.45, 7) is 2.12. The van der Waals surface area contributed by atoms with Crippen LogP contribution in [0, 0.1) is 5.92 Å². The predicted octanol–water partition coefficient (Wildman–Crippen LogP) is 3.04. The molecule has 0 radical (unpaired) electrons. The SMILES string of the molecule is CCC(O)(C1=CCCCC1)C1CC1. The lowest BCUT2D eigenvalue weighted by molar-refractivity contribution is 0.0459. The molecule has 0 heterocycles. The Hall–Kier alpha value is -0.300. The number of aliphatic hydroxyl groups is 1. The van der Waals surface area contributed by atoms with Crippen LogP contribution in [0.15, 0.2) is 11.6 Å². The van der Waals surface area contributed by atoms with Gasteiger partial charge in [-0.1, -0.05) is 13.0 Å². The van der Waals surface area contributed by atoms with Gasteiger partial charge in [0.25, 0.3) is 0 Å². The molecule has 0 aromatic heterocycles. The van der Waals surface area contributed by atoms with Crippen LogP contribution in [0.2, 0.25) is 0 Å². The Morgan fingerprint density at radius 2 is 2.23 bits per heavy atom. The average Bonchev–Trinajstić information content (AvgIpc) is 3.02. The van der Waals surface area contributed by atoms with Gasteiger partial charge in [-0.05, 0) is 56.4 Å².